The maximum absolute atomic E-state index is 12.9. The summed E-state index contributed by atoms with van der Waals surface area (Å²) in [7, 11) is 0. The van der Waals surface area contributed by atoms with E-state index in [0.29, 0.717) is 25.1 Å². The van der Waals surface area contributed by atoms with Crippen molar-refractivity contribution >= 4 is 10.9 Å². The Hall–Kier alpha value is -2.58. The van der Waals surface area contributed by atoms with Gasteiger partial charge >= 0.3 is 0 Å². The summed E-state index contributed by atoms with van der Waals surface area (Å²) in [6.07, 6.45) is 0.602. The van der Waals surface area contributed by atoms with Crippen LogP contribution in [0.25, 0.3) is 10.9 Å². The zero-order chi connectivity index (χ0) is 22.8. The fraction of sp³-hybridized carbons (Fsp3) is 0.565. The minimum atomic E-state index is -0.271. The molecule has 2 heterocycles. The molecule has 168 valence electrons. The molecule has 8 heteroatoms. The number of H-pyrrole nitrogens is 1. The predicted molar refractivity (Wildman–Crippen MR) is 122 cm³/mol. The van der Waals surface area contributed by atoms with Gasteiger partial charge in [-0.3, -0.25) is 9.69 Å². The number of aliphatic hydroxyl groups excluding tert-OH is 1. The summed E-state index contributed by atoms with van der Waals surface area (Å²) in [6, 6.07) is 7.92. The summed E-state index contributed by atoms with van der Waals surface area (Å²) in [5, 5.41) is 23.1. The van der Waals surface area contributed by atoms with Gasteiger partial charge in [0.2, 0.25) is 0 Å². The van der Waals surface area contributed by atoms with E-state index in [2.05, 4.69) is 60.0 Å². The van der Waals surface area contributed by atoms with Crippen LogP contribution in [0.3, 0.4) is 0 Å². The molecule has 1 aromatic carbocycles. The van der Waals surface area contributed by atoms with Gasteiger partial charge in [0.1, 0.15) is 0 Å². The van der Waals surface area contributed by atoms with E-state index in [4.69, 9.17) is 0 Å². The van der Waals surface area contributed by atoms with Crippen molar-refractivity contribution in [2.24, 2.45) is 5.92 Å². The third-order valence-corrected chi connectivity index (χ3v) is 5.47. The molecule has 3 rings (SSSR count). The lowest BCUT2D eigenvalue weighted by Gasteiger charge is -2.35. The van der Waals surface area contributed by atoms with Crippen molar-refractivity contribution in [1.82, 2.24) is 30.1 Å². The van der Waals surface area contributed by atoms with Crippen LogP contribution in [0.2, 0.25) is 0 Å². The molecule has 0 radical (unpaired) electrons. The summed E-state index contributed by atoms with van der Waals surface area (Å²) in [4.78, 5) is 18.1. The topological polar surface area (TPSA) is 99.9 Å². The first kappa shape index (κ1) is 23.1. The molecule has 0 amide bonds. The minimum Gasteiger partial charge on any atom is -0.396 e. The average molecular weight is 427 g/mol. The van der Waals surface area contributed by atoms with Crippen LogP contribution in [0, 0.1) is 12.8 Å². The van der Waals surface area contributed by atoms with Gasteiger partial charge < -0.3 is 10.1 Å². The highest BCUT2D eigenvalue weighted by Gasteiger charge is 2.32. The van der Waals surface area contributed by atoms with E-state index in [1.54, 1.807) is 0 Å². The number of nitrogens with zero attached hydrogens (tertiary/aromatic N) is 5. The Bertz CT molecular complexity index is 1080. The van der Waals surface area contributed by atoms with Gasteiger partial charge in [0.25, 0.3) is 5.56 Å². The number of hydrogen-bond donors (Lipinski definition) is 2. The van der Waals surface area contributed by atoms with E-state index in [-0.39, 0.29) is 29.7 Å². The first-order valence-corrected chi connectivity index (χ1v) is 10.9. The van der Waals surface area contributed by atoms with Crippen LogP contribution >= 0.6 is 0 Å². The second-order valence-electron chi connectivity index (χ2n) is 9.57. The molecular formula is C23H34N6O2. The fourth-order valence-corrected chi connectivity index (χ4v) is 4.03. The largest absolute Gasteiger partial charge is 0.396 e. The van der Waals surface area contributed by atoms with Crippen molar-refractivity contribution in [3.05, 3.63) is 51.6 Å². The van der Waals surface area contributed by atoms with E-state index in [1.165, 1.54) is 0 Å². The zero-order valence-electron chi connectivity index (χ0n) is 19.4. The number of nitrogens with one attached hydrogen (secondary N) is 1. The first-order valence-electron chi connectivity index (χ1n) is 10.9. The van der Waals surface area contributed by atoms with E-state index < -0.39 is 0 Å². The molecule has 3 aromatic rings. The standard InChI is InChI=1S/C23H34N6O2/c1-15(2)20(21-25-26-27-29(21)23(4,5)6)28(10-7-11-30)14-18-13-17-9-8-16(3)12-19(17)24-22(18)31/h8-9,12-13,15,20,30H,7,10-11,14H2,1-6H3,(H,24,31). The molecule has 0 aliphatic carbocycles. The van der Waals surface area contributed by atoms with Gasteiger partial charge in [-0.25, -0.2) is 4.68 Å². The zero-order valence-corrected chi connectivity index (χ0v) is 19.4. The molecule has 2 aromatic heterocycles. The molecule has 2 N–H and O–H groups in total. The normalized spacial score (nSPS) is 13.5. The maximum Gasteiger partial charge on any atom is 0.252 e. The molecule has 0 fully saturated rings. The number of benzene rings is 1. The van der Waals surface area contributed by atoms with E-state index in [1.807, 2.05) is 35.9 Å². The Morgan fingerprint density at radius 3 is 2.61 bits per heavy atom. The van der Waals surface area contributed by atoms with Gasteiger partial charge in [-0.1, -0.05) is 26.0 Å². The van der Waals surface area contributed by atoms with Gasteiger partial charge in [0.05, 0.1) is 11.6 Å². The lowest BCUT2D eigenvalue weighted by Crippen LogP contribution is -2.38. The van der Waals surface area contributed by atoms with Gasteiger partial charge in [-0.05, 0) is 73.5 Å². The Morgan fingerprint density at radius 2 is 1.97 bits per heavy atom. The molecule has 0 aliphatic heterocycles. The molecule has 0 saturated heterocycles. The monoisotopic (exact) mass is 426 g/mol. The Balaban J connectivity index is 2.03. The fourth-order valence-electron chi connectivity index (χ4n) is 4.03. The Labute approximate surface area is 183 Å². The highest BCUT2D eigenvalue weighted by Crippen LogP contribution is 2.31. The summed E-state index contributed by atoms with van der Waals surface area (Å²) in [5.41, 5.74) is 2.27. The first-order chi connectivity index (χ1) is 14.6. The van der Waals surface area contributed by atoms with Crippen LogP contribution < -0.4 is 5.56 Å². The molecule has 0 saturated carbocycles. The number of rotatable bonds is 8. The van der Waals surface area contributed by atoms with Crippen LogP contribution in [0.4, 0.5) is 0 Å². The number of tetrazole rings is 1. The van der Waals surface area contributed by atoms with E-state index in [0.717, 1.165) is 22.3 Å². The number of hydrogen-bond acceptors (Lipinski definition) is 6. The van der Waals surface area contributed by atoms with Crippen molar-refractivity contribution in [1.29, 1.82) is 0 Å². The lowest BCUT2D eigenvalue weighted by atomic mass is 9.98. The van der Waals surface area contributed by atoms with Crippen LogP contribution in [0.5, 0.6) is 0 Å². The number of aliphatic hydroxyl groups is 1. The molecule has 1 atom stereocenters. The second-order valence-corrected chi connectivity index (χ2v) is 9.57. The third kappa shape index (κ3) is 5.19. The van der Waals surface area contributed by atoms with Gasteiger partial charge in [-0.2, -0.15) is 0 Å². The SMILES string of the molecule is Cc1ccc2cc(CN(CCCO)C(c3nnnn3C(C)(C)C)C(C)C)c(=O)[nH]c2c1. The van der Waals surface area contributed by atoms with Crippen LogP contribution in [-0.4, -0.2) is 48.3 Å². The minimum absolute atomic E-state index is 0.0822. The number of fused-ring (bicyclic) bond motifs is 1. The van der Waals surface area contributed by atoms with Crippen molar-refractivity contribution in [2.75, 3.05) is 13.2 Å². The van der Waals surface area contributed by atoms with Crippen LogP contribution in [-0.2, 0) is 12.1 Å². The summed E-state index contributed by atoms with van der Waals surface area (Å²) in [5.74, 6) is 0.973. The molecular weight excluding hydrogens is 392 g/mol. The molecule has 1 unspecified atom stereocenters. The highest BCUT2D eigenvalue weighted by atomic mass is 16.3. The summed E-state index contributed by atoms with van der Waals surface area (Å²) >= 11 is 0. The molecule has 31 heavy (non-hydrogen) atoms. The third-order valence-electron chi connectivity index (χ3n) is 5.47. The second kappa shape index (κ2) is 9.28. The molecule has 0 spiro atoms. The van der Waals surface area contributed by atoms with Gasteiger partial charge in [0.15, 0.2) is 5.82 Å². The lowest BCUT2D eigenvalue weighted by molar-refractivity contribution is 0.116. The maximum atomic E-state index is 12.9. The van der Waals surface area contributed by atoms with E-state index in [9.17, 15) is 9.90 Å². The number of aromatic amines is 1. The summed E-state index contributed by atoms with van der Waals surface area (Å²) < 4.78 is 1.86. The highest BCUT2D eigenvalue weighted by molar-refractivity contribution is 5.79. The smallest absolute Gasteiger partial charge is 0.252 e. The molecule has 0 bridgehead atoms. The molecule has 8 nitrogen and oxygen atoms in total. The Morgan fingerprint density at radius 1 is 1.23 bits per heavy atom. The predicted octanol–water partition coefficient (Wildman–Crippen LogP) is 3.16. The van der Waals surface area contributed by atoms with Crippen LogP contribution in [0.1, 0.15) is 64.0 Å². The quantitative estimate of drug-likeness (QED) is 0.574. The number of aromatic nitrogens is 5. The van der Waals surface area contributed by atoms with Crippen molar-refractivity contribution in [2.45, 2.75) is 66.1 Å². The molecule has 0 aliphatic rings. The number of aryl methyl sites for hydroxylation is 1. The van der Waals surface area contributed by atoms with Crippen molar-refractivity contribution in [3.8, 4) is 0 Å². The van der Waals surface area contributed by atoms with E-state index >= 15 is 0 Å². The van der Waals surface area contributed by atoms with Gasteiger partial charge in [-0.15, -0.1) is 5.10 Å². The van der Waals surface area contributed by atoms with Crippen LogP contribution in [0.15, 0.2) is 29.1 Å². The van der Waals surface area contributed by atoms with Crippen molar-refractivity contribution < 1.29 is 5.11 Å². The summed E-state index contributed by atoms with van der Waals surface area (Å²) in [6.45, 7) is 13.6. The Kier molecular flexibility index (Phi) is 6.91. The number of pyridine rings is 1. The van der Waals surface area contributed by atoms with Crippen molar-refractivity contribution in [3.63, 3.8) is 0 Å². The van der Waals surface area contributed by atoms with Gasteiger partial charge in [0, 0.05) is 30.8 Å². The average Bonchev–Trinajstić information content (AvgIpc) is 3.16.